The number of carbonyl (C=O) groups is 7. The summed E-state index contributed by atoms with van der Waals surface area (Å²) in [5, 5.41) is 17.9. The van der Waals surface area contributed by atoms with E-state index in [1.165, 1.54) is 13.8 Å². The third kappa shape index (κ3) is 26.8. The van der Waals surface area contributed by atoms with Crippen molar-refractivity contribution < 1.29 is 105 Å². The third-order valence-electron chi connectivity index (χ3n) is 8.84. The Bertz CT molecular complexity index is 1520. The Balaban J connectivity index is 3.08. The molecule has 22 nitrogen and oxygen atoms in total. The second-order valence-electron chi connectivity index (χ2n) is 17.5. The Kier molecular flexibility index (Phi) is 26.5. The Morgan fingerprint density at radius 1 is 0.492 bits per heavy atom. The van der Waals surface area contributed by atoms with Gasteiger partial charge in [-0.15, -0.1) is 0 Å². The zero-order valence-corrected chi connectivity index (χ0v) is 39.0. The predicted molar refractivity (Wildman–Crippen MR) is 225 cm³/mol. The van der Waals surface area contributed by atoms with Gasteiger partial charge in [0.2, 0.25) is 0 Å². The highest BCUT2D eigenvalue weighted by atomic mass is 16.7. The van der Waals surface area contributed by atoms with Crippen molar-refractivity contribution >= 4 is 42.5 Å². The zero-order chi connectivity index (χ0) is 48.9. The van der Waals surface area contributed by atoms with E-state index in [9.17, 15) is 33.6 Å². The summed E-state index contributed by atoms with van der Waals surface area (Å²) in [5.74, 6) is -4.14. The first-order valence-electron chi connectivity index (χ1n) is 21.1. The van der Waals surface area contributed by atoms with Crippen molar-refractivity contribution in [2.45, 2.75) is 46.1 Å². The van der Waals surface area contributed by atoms with E-state index in [0.717, 1.165) is 0 Å². The lowest BCUT2D eigenvalue weighted by Crippen LogP contribution is -2.41. The summed E-state index contributed by atoms with van der Waals surface area (Å²) in [5.41, 5.74) is -2.87. The van der Waals surface area contributed by atoms with Gasteiger partial charge in [0.05, 0.1) is 81.8 Å². The second-order valence-corrected chi connectivity index (χ2v) is 17.5. The highest BCUT2D eigenvalue weighted by Crippen LogP contribution is 2.23. The lowest BCUT2D eigenvalue weighted by molar-refractivity contribution is -0.870. The summed E-state index contributed by atoms with van der Waals surface area (Å²) >= 11 is 0. The number of hydrogen-bond acceptors (Lipinski definition) is 20. The number of aliphatic hydroxyl groups excluding tert-OH is 2. The molecule has 1 aromatic rings. The smallest absolute Gasteiger partial charge is 0.465 e. The van der Waals surface area contributed by atoms with E-state index >= 15 is 0 Å². The molecule has 22 heteroatoms. The van der Waals surface area contributed by atoms with Gasteiger partial charge in [-0.3, -0.25) is 14.4 Å². The average Bonchev–Trinajstić information content (AvgIpc) is 3.25. The highest BCUT2D eigenvalue weighted by molar-refractivity contribution is 5.78. The van der Waals surface area contributed by atoms with Gasteiger partial charge in [0.15, 0.2) is 0 Å². The van der Waals surface area contributed by atoms with Crippen molar-refractivity contribution in [2.24, 2.45) is 16.7 Å². The molecule has 0 radical (unpaired) electrons. The summed E-state index contributed by atoms with van der Waals surface area (Å²) in [6.45, 7) is -1.16. The fraction of sp³-hybridized carbons (Fsp3) is 0.698. The van der Waals surface area contributed by atoms with Crippen molar-refractivity contribution in [1.29, 1.82) is 0 Å². The van der Waals surface area contributed by atoms with Gasteiger partial charge in [0.1, 0.15) is 63.0 Å². The molecule has 0 bridgehead atoms. The van der Waals surface area contributed by atoms with Crippen LogP contribution in [0.1, 0.15) is 45.1 Å². The molecule has 0 saturated carbocycles. The van der Waals surface area contributed by atoms with Crippen molar-refractivity contribution in [3.8, 4) is 0 Å². The van der Waals surface area contributed by atoms with Crippen LogP contribution in [0.15, 0.2) is 30.3 Å². The van der Waals surface area contributed by atoms with Crippen molar-refractivity contribution in [2.75, 3.05) is 135 Å². The Morgan fingerprint density at radius 3 is 1.20 bits per heavy atom. The van der Waals surface area contributed by atoms with Gasteiger partial charge >= 0.3 is 42.5 Å². The quantitative estimate of drug-likeness (QED) is 0.0469. The summed E-state index contributed by atoms with van der Waals surface area (Å²) in [7, 11) is 11.8. The molecule has 0 aliphatic heterocycles. The zero-order valence-electron chi connectivity index (χ0n) is 39.0. The molecule has 2 unspecified atom stereocenters. The minimum Gasteiger partial charge on any atom is -0.465 e. The number of hydrogen-bond donors (Lipinski definition) is 2. The van der Waals surface area contributed by atoms with E-state index in [1.807, 2.05) is 42.3 Å². The number of aliphatic hydroxyl groups is 2. The van der Waals surface area contributed by atoms with Crippen LogP contribution in [0.4, 0.5) is 19.2 Å². The van der Waals surface area contributed by atoms with E-state index in [-0.39, 0.29) is 59.1 Å². The van der Waals surface area contributed by atoms with Gasteiger partial charge in [0.25, 0.3) is 0 Å². The molecule has 0 fully saturated rings. The standard InChI is InChI=1S/C43H70N2O20/c1-42(29-62-38(51)57-24-14-20-46,36(49)55-22-12-18-44(3,4)5)31-64-40(53)60-27-34(35(48)59-26-33-16-10-9-11-17-33)28-61-41(54)65-32-43(2,30-63-39(52)58-25-15-21-47)37(50)56-23-13-19-45(6,7)8/h9-11,16-17,34,46-47H,12-15,18-32H2,1-8H3/q+2. The Morgan fingerprint density at radius 2 is 0.846 bits per heavy atom. The molecule has 1 aromatic carbocycles. The number of quaternary nitrogens is 2. The number of ether oxygens (including phenoxy) is 11. The van der Waals surface area contributed by atoms with Gasteiger partial charge < -0.3 is 71.3 Å². The molecular formula is C43H70N2O20+2. The molecular weight excluding hydrogens is 864 g/mol. The fourth-order valence-electron chi connectivity index (χ4n) is 4.92. The molecule has 0 aliphatic rings. The third-order valence-corrected chi connectivity index (χ3v) is 8.84. The molecule has 0 aromatic heterocycles. The van der Waals surface area contributed by atoms with E-state index in [4.69, 9.17) is 62.3 Å². The van der Waals surface area contributed by atoms with E-state index in [0.29, 0.717) is 40.5 Å². The van der Waals surface area contributed by atoms with Gasteiger partial charge in [-0.25, -0.2) is 19.2 Å². The van der Waals surface area contributed by atoms with Crippen LogP contribution in [0.3, 0.4) is 0 Å². The number of esters is 3. The summed E-state index contributed by atoms with van der Waals surface area (Å²) < 4.78 is 58.1. The predicted octanol–water partition coefficient (Wildman–Crippen LogP) is 3.02. The topological polar surface area (TPSA) is 261 Å². The normalized spacial score (nSPS) is 13.6. The van der Waals surface area contributed by atoms with Crippen LogP contribution >= 0.6 is 0 Å². The van der Waals surface area contributed by atoms with E-state index < -0.39 is 98.9 Å². The second kappa shape index (κ2) is 29.9. The molecule has 0 amide bonds. The van der Waals surface area contributed by atoms with Crippen LogP contribution in [0, 0.1) is 16.7 Å². The van der Waals surface area contributed by atoms with Crippen LogP contribution in [0.25, 0.3) is 0 Å². The average molecular weight is 935 g/mol. The Labute approximate surface area is 380 Å². The van der Waals surface area contributed by atoms with Crippen molar-refractivity contribution in [3.63, 3.8) is 0 Å². The summed E-state index contributed by atoms with van der Waals surface area (Å²) in [4.78, 5) is 89.8. The molecule has 0 aliphatic carbocycles. The fourth-order valence-corrected chi connectivity index (χ4v) is 4.92. The highest BCUT2D eigenvalue weighted by Gasteiger charge is 2.41. The molecule has 0 heterocycles. The van der Waals surface area contributed by atoms with Gasteiger partial charge in [-0.1, -0.05) is 30.3 Å². The number of nitrogens with zero attached hydrogens (tertiary/aromatic N) is 2. The van der Waals surface area contributed by atoms with Gasteiger partial charge in [-0.2, -0.15) is 0 Å². The number of carbonyl (C=O) groups excluding carboxylic acids is 7. The summed E-state index contributed by atoms with van der Waals surface area (Å²) in [6.07, 6.45) is -3.72. The summed E-state index contributed by atoms with van der Waals surface area (Å²) in [6, 6.07) is 8.59. The van der Waals surface area contributed by atoms with Crippen molar-refractivity contribution in [3.05, 3.63) is 35.9 Å². The lowest BCUT2D eigenvalue weighted by atomic mass is 9.93. The first-order valence-corrected chi connectivity index (χ1v) is 21.1. The van der Waals surface area contributed by atoms with Crippen LogP contribution in [-0.2, 0) is 73.1 Å². The molecule has 0 saturated heterocycles. The van der Waals surface area contributed by atoms with Crippen LogP contribution < -0.4 is 0 Å². The van der Waals surface area contributed by atoms with Gasteiger partial charge in [-0.05, 0) is 19.4 Å². The van der Waals surface area contributed by atoms with Crippen molar-refractivity contribution in [1.82, 2.24) is 0 Å². The first-order chi connectivity index (χ1) is 30.5. The minimum absolute atomic E-state index is 0.0134. The molecule has 0 spiro atoms. The monoisotopic (exact) mass is 934 g/mol. The minimum atomic E-state index is -1.75. The molecule has 2 N–H and O–H groups in total. The van der Waals surface area contributed by atoms with Crippen LogP contribution in [0.2, 0.25) is 0 Å². The lowest BCUT2D eigenvalue weighted by Gasteiger charge is -2.27. The maximum absolute atomic E-state index is 13.3. The molecule has 2 atom stereocenters. The largest absolute Gasteiger partial charge is 0.508 e. The number of benzene rings is 1. The Hall–Kier alpha value is -5.45. The van der Waals surface area contributed by atoms with E-state index in [2.05, 4.69) is 0 Å². The molecule has 1 rings (SSSR count). The number of rotatable bonds is 31. The SMILES string of the molecule is CC(COC(=O)OCCCO)(COC(=O)OCC(COC(=O)OCC(C)(COC(=O)OCCCO)C(=O)OCCC[N+](C)(C)C)C(=O)OCc1ccccc1)C(=O)OCCC[N+](C)(C)C. The van der Waals surface area contributed by atoms with Gasteiger partial charge in [0, 0.05) is 38.9 Å². The van der Waals surface area contributed by atoms with Crippen LogP contribution in [-0.4, -0.2) is 196 Å². The van der Waals surface area contributed by atoms with Crippen LogP contribution in [0.5, 0.6) is 0 Å². The maximum atomic E-state index is 13.3. The van der Waals surface area contributed by atoms with E-state index in [1.54, 1.807) is 30.3 Å². The maximum Gasteiger partial charge on any atom is 0.508 e. The molecule has 370 valence electrons. The molecule has 65 heavy (non-hydrogen) atoms. The first kappa shape index (κ1) is 57.6.